The standard InChI is InChI=1S/C18H13ClN2O/c19-16-9-2-1-7-14(16)12-5-3-6-13(11-12)17-15(18(20)22)8-4-10-21-17/h1-11H,(H2,20,22). The highest BCUT2D eigenvalue weighted by Gasteiger charge is 2.12. The molecule has 2 aromatic carbocycles. The third-order valence-electron chi connectivity index (χ3n) is 3.39. The fourth-order valence-electron chi connectivity index (χ4n) is 2.36. The smallest absolute Gasteiger partial charge is 0.250 e. The molecule has 0 aliphatic carbocycles. The average Bonchev–Trinajstić information content (AvgIpc) is 2.55. The zero-order chi connectivity index (χ0) is 15.5. The minimum absolute atomic E-state index is 0.402. The molecule has 0 saturated heterocycles. The van der Waals surface area contributed by atoms with Gasteiger partial charge in [0.1, 0.15) is 0 Å². The van der Waals surface area contributed by atoms with Gasteiger partial charge in [0.15, 0.2) is 0 Å². The van der Waals surface area contributed by atoms with Gasteiger partial charge < -0.3 is 5.73 Å². The van der Waals surface area contributed by atoms with Gasteiger partial charge in [-0.05, 0) is 29.8 Å². The number of hydrogen-bond donors (Lipinski definition) is 1. The van der Waals surface area contributed by atoms with Crippen molar-refractivity contribution >= 4 is 17.5 Å². The van der Waals surface area contributed by atoms with Crippen molar-refractivity contribution in [2.45, 2.75) is 0 Å². The van der Waals surface area contributed by atoms with E-state index in [1.54, 1.807) is 18.3 Å². The van der Waals surface area contributed by atoms with Gasteiger partial charge in [-0.1, -0.05) is 48.0 Å². The lowest BCUT2D eigenvalue weighted by molar-refractivity contribution is 0.100. The zero-order valence-electron chi connectivity index (χ0n) is 11.7. The van der Waals surface area contributed by atoms with Gasteiger partial charge in [0.2, 0.25) is 0 Å². The lowest BCUT2D eigenvalue weighted by Gasteiger charge is -2.09. The van der Waals surface area contributed by atoms with E-state index in [2.05, 4.69) is 4.98 Å². The van der Waals surface area contributed by atoms with Gasteiger partial charge in [-0.3, -0.25) is 9.78 Å². The normalized spacial score (nSPS) is 10.4. The van der Waals surface area contributed by atoms with E-state index < -0.39 is 5.91 Å². The highest BCUT2D eigenvalue weighted by atomic mass is 35.5. The number of carbonyl (C=O) groups is 1. The third kappa shape index (κ3) is 2.71. The van der Waals surface area contributed by atoms with Crippen molar-refractivity contribution in [2.24, 2.45) is 5.73 Å². The van der Waals surface area contributed by atoms with Crippen LogP contribution in [0.15, 0.2) is 66.9 Å². The summed E-state index contributed by atoms with van der Waals surface area (Å²) in [6, 6.07) is 18.7. The summed E-state index contributed by atoms with van der Waals surface area (Å²) in [5.74, 6) is -0.494. The van der Waals surface area contributed by atoms with Crippen LogP contribution in [-0.2, 0) is 0 Å². The molecule has 3 rings (SSSR count). The molecule has 0 aliphatic rings. The number of rotatable bonds is 3. The number of hydrogen-bond acceptors (Lipinski definition) is 2. The summed E-state index contributed by atoms with van der Waals surface area (Å²) < 4.78 is 0. The summed E-state index contributed by atoms with van der Waals surface area (Å²) in [4.78, 5) is 15.9. The Morgan fingerprint density at radius 2 is 1.73 bits per heavy atom. The average molecular weight is 309 g/mol. The Hall–Kier alpha value is -2.65. The molecule has 1 heterocycles. The fraction of sp³-hybridized carbons (Fsp3) is 0. The van der Waals surface area contributed by atoms with Crippen molar-refractivity contribution in [3.63, 3.8) is 0 Å². The molecule has 3 aromatic rings. The molecule has 0 spiro atoms. The van der Waals surface area contributed by atoms with Gasteiger partial charge in [0, 0.05) is 22.3 Å². The van der Waals surface area contributed by atoms with Crippen LogP contribution in [0, 0.1) is 0 Å². The molecule has 1 amide bonds. The zero-order valence-corrected chi connectivity index (χ0v) is 12.4. The Morgan fingerprint density at radius 3 is 2.50 bits per heavy atom. The number of halogens is 1. The first-order valence-electron chi connectivity index (χ1n) is 6.77. The number of aromatic nitrogens is 1. The highest BCUT2D eigenvalue weighted by Crippen LogP contribution is 2.31. The fourth-order valence-corrected chi connectivity index (χ4v) is 2.61. The SMILES string of the molecule is NC(=O)c1cccnc1-c1cccc(-c2ccccc2Cl)c1. The van der Waals surface area contributed by atoms with Gasteiger partial charge in [-0.25, -0.2) is 0 Å². The number of amides is 1. The first-order valence-corrected chi connectivity index (χ1v) is 7.15. The molecule has 0 unspecified atom stereocenters. The predicted octanol–water partition coefficient (Wildman–Crippen LogP) is 4.17. The predicted molar refractivity (Wildman–Crippen MR) is 88.6 cm³/mol. The molecule has 2 N–H and O–H groups in total. The monoisotopic (exact) mass is 308 g/mol. The summed E-state index contributed by atoms with van der Waals surface area (Å²) in [6.07, 6.45) is 1.64. The number of carbonyl (C=O) groups excluding carboxylic acids is 1. The van der Waals surface area contributed by atoms with E-state index in [9.17, 15) is 4.79 Å². The van der Waals surface area contributed by atoms with Crippen LogP contribution in [0.4, 0.5) is 0 Å². The van der Waals surface area contributed by atoms with Crippen molar-refractivity contribution < 1.29 is 4.79 Å². The van der Waals surface area contributed by atoms with E-state index in [0.717, 1.165) is 16.7 Å². The summed E-state index contributed by atoms with van der Waals surface area (Å²) in [7, 11) is 0. The van der Waals surface area contributed by atoms with Crippen molar-refractivity contribution in [2.75, 3.05) is 0 Å². The number of nitrogens with two attached hydrogens (primary N) is 1. The first kappa shape index (κ1) is 14.3. The van der Waals surface area contributed by atoms with Crippen LogP contribution in [0.3, 0.4) is 0 Å². The van der Waals surface area contributed by atoms with Crippen molar-refractivity contribution in [1.29, 1.82) is 0 Å². The molecular formula is C18H13ClN2O. The molecule has 1 aromatic heterocycles. The van der Waals surface area contributed by atoms with Gasteiger partial charge in [-0.2, -0.15) is 0 Å². The molecule has 108 valence electrons. The topological polar surface area (TPSA) is 56.0 Å². The Morgan fingerprint density at radius 1 is 0.955 bits per heavy atom. The minimum atomic E-state index is -0.494. The van der Waals surface area contributed by atoms with Crippen LogP contribution >= 0.6 is 11.6 Å². The molecule has 0 bridgehead atoms. The van der Waals surface area contributed by atoms with Crippen molar-refractivity contribution in [3.8, 4) is 22.4 Å². The quantitative estimate of drug-likeness (QED) is 0.789. The van der Waals surface area contributed by atoms with Gasteiger partial charge in [0.05, 0.1) is 11.3 Å². The van der Waals surface area contributed by atoms with E-state index >= 15 is 0 Å². The van der Waals surface area contributed by atoms with Gasteiger partial charge >= 0.3 is 0 Å². The van der Waals surface area contributed by atoms with Crippen LogP contribution < -0.4 is 5.73 Å². The molecule has 0 aliphatic heterocycles. The molecule has 0 atom stereocenters. The Bertz CT molecular complexity index is 846. The van der Waals surface area contributed by atoms with Gasteiger partial charge in [0.25, 0.3) is 5.91 Å². The molecule has 3 nitrogen and oxygen atoms in total. The van der Waals surface area contributed by atoms with Crippen LogP contribution in [0.1, 0.15) is 10.4 Å². The molecular weight excluding hydrogens is 296 g/mol. The minimum Gasteiger partial charge on any atom is -0.366 e. The molecule has 4 heteroatoms. The number of nitrogens with zero attached hydrogens (tertiary/aromatic N) is 1. The van der Waals surface area contributed by atoms with Crippen molar-refractivity contribution in [3.05, 3.63) is 77.4 Å². The van der Waals surface area contributed by atoms with E-state index in [1.807, 2.05) is 48.5 Å². The van der Waals surface area contributed by atoms with Crippen LogP contribution in [0.2, 0.25) is 5.02 Å². The maximum absolute atomic E-state index is 11.6. The highest BCUT2D eigenvalue weighted by molar-refractivity contribution is 6.33. The largest absolute Gasteiger partial charge is 0.366 e. The second-order valence-corrected chi connectivity index (χ2v) is 5.23. The Balaban J connectivity index is 2.14. The number of pyridine rings is 1. The number of benzene rings is 2. The Kier molecular flexibility index (Phi) is 3.90. The molecule has 0 fully saturated rings. The summed E-state index contributed by atoms with van der Waals surface area (Å²) >= 11 is 6.25. The van der Waals surface area contributed by atoms with Crippen molar-refractivity contribution in [1.82, 2.24) is 4.98 Å². The van der Waals surface area contributed by atoms with E-state index in [0.29, 0.717) is 16.3 Å². The summed E-state index contributed by atoms with van der Waals surface area (Å²) in [5, 5.41) is 0.677. The lowest BCUT2D eigenvalue weighted by Crippen LogP contribution is -2.13. The number of primary amides is 1. The lowest BCUT2D eigenvalue weighted by atomic mass is 9.99. The Labute approximate surface area is 133 Å². The second kappa shape index (κ2) is 6.00. The van der Waals surface area contributed by atoms with Crippen LogP contribution in [0.25, 0.3) is 22.4 Å². The molecule has 0 radical (unpaired) electrons. The summed E-state index contributed by atoms with van der Waals surface area (Å²) in [6.45, 7) is 0. The second-order valence-electron chi connectivity index (χ2n) is 4.82. The van der Waals surface area contributed by atoms with Gasteiger partial charge in [-0.15, -0.1) is 0 Å². The maximum Gasteiger partial charge on any atom is 0.250 e. The van der Waals surface area contributed by atoms with E-state index in [1.165, 1.54) is 0 Å². The van der Waals surface area contributed by atoms with Crippen LogP contribution in [-0.4, -0.2) is 10.9 Å². The first-order chi connectivity index (χ1) is 10.7. The molecule has 0 saturated carbocycles. The maximum atomic E-state index is 11.6. The molecule has 22 heavy (non-hydrogen) atoms. The van der Waals surface area contributed by atoms with Crippen LogP contribution in [0.5, 0.6) is 0 Å². The third-order valence-corrected chi connectivity index (χ3v) is 3.72. The van der Waals surface area contributed by atoms with E-state index in [4.69, 9.17) is 17.3 Å². The summed E-state index contributed by atoms with van der Waals surface area (Å²) in [5.41, 5.74) is 9.12. The van der Waals surface area contributed by atoms with E-state index in [-0.39, 0.29) is 0 Å².